The topological polar surface area (TPSA) is 84.2 Å². The highest BCUT2D eigenvalue weighted by Gasteiger charge is 2.26. The predicted octanol–water partition coefficient (Wildman–Crippen LogP) is 2.03. The molecule has 0 bridgehead atoms. The molecule has 0 radical (unpaired) electrons. The fraction of sp³-hybridized carbons (Fsp3) is 0.500. The summed E-state index contributed by atoms with van der Waals surface area (Å²) in [6, 6.07) is 3.94. The fourth-order valence-electron chi connectivity index (χ4n) is 2.91. The Kier molecular flexibility index (Phi) is 5.49. The van der Waals surface area contributed by atoms with Crippen molar-refractivity contribution in [3.8, 4) is 0 Å². The van der Waals surface area contributed by atoms with E-state index in [9.17, 15) is 14.0 Å². The van der Waals surface area contributed by atoms with Gasteiger partial charge in [-0.15, -0.1) is 0 Å². The number of halogens is 1. The van der Waals surface area contributed by atoms with E-state index in [2.05, 4.69) is 10.6 Å². The maximum atomic E-state index is 13.9. The number of hydrogen-bond acceptors (Lipinski definition) is 3. The average molecular weight is 307 g/mol. The number of anilines is 1. The molecular formula is C16H22FN3O2. The number of hydrogen-bond donors (Lipinski definition) is 3. The molecular weight excluding hydrogens is 285 g/mol. The van der Waals surface area contributed by atoms with Crippen LogP contribution in [-0.4, -0.2) is 24.4 Å². The van der Waals surface area contributed by atoms with Crippen LogP contribution < -0.4 is 16.4 Å². The Morgan fingerprint density at radius 3 is 2.73 bits per heavy atom. The lowest BCUT2D eigenvalue weighted by Crippen LogP contribution is -2.44. The van der Waals surface area contributed by atoms with Gasteiger partial charge in [-0.2, -0.15) is 0 Å². The number of carbonyl (C=O) groups excluding carboxylic acids is 2. The van der Waals surface area contributed by atoms with E-state index in [0.29, 0.717) is 12.2 Å². The molecule has 2 amide bonds. The van der Waals surface area contributed by atoms with E-state index in [1.54, 1.807) is 0 Å². The van der Waals surface area contributed by atoms with E-state index < -0.39 is 11.7 Å². The molecule has 1 aliphatic rings. The van der Waals surface area contributed by atoms with Crippen molar-refractivity contribution in [3.05, 3.63) is 29.6 Å². The lowest BCUT2D eigenvalue weighted by atomic mass is 9.84. The summed E-state index contributed by atoms with van der Waals surface area (Å²) in [4.78, 5) is 23.4. The summed E-state index contributed by atoms with van der Waals surface area (Å²) in [7, 11) is 0. The zero-order valence-electron chi connectivity index (χ0n) is 12.7. The summed E-state index contributed by atoms with van der Waals surface area (Å²) in [5, 5.41) is 5.43. The van der Waals surface area contributed by atoms with Gasteiger partial charge in [0.2, 0.25) is 5.91 Å². The van der Waals surface area contributed by atoms with Crippen molar-refractivity contribution in [1.82, 2.24) is 5.32 Å². The summed E-state index contributed by atoms with van der Waals surface area (Å²) >= 11 is 0. The van der Waals surface area contributed by atoms with Crippen molar-refractivity contribution in [2.75, 3.05) is 11.9 Å². The van der Waals surface area contributed by atoms with Crippen LogP contribution in [0.25, 0.3) is 0 Å². The Balaban J connectivity index is 2.12. The van der Waals surface area contributed by atoms with Crippen LogP contribution in [0.15, 0.2) is 18.2 Å². The minimum absolute atomic E-state index is 0.0185. The molecule has 1 saturated carbocycles. The Labute approximate surface area is 129 Å². The highest BCUT2D eigenvalue weighted by atomic mass is 19.1. The molecule has 6 heteroatoms. The molecule has 0 aromatic heterocycles. The Bertz CT molecular complexity index is 562. The predicted molar refractivity (Wildman–Crippen MR) is 83.0 cm³/mol. The average Bonchev–Trinajstić information content (AvgIpc) is 2.49. The van der Waals surface area contributed by atoms with Crippen LogP contribution in [0.1, 0.15) is 43.0 Å². The van der Waals surface area contributed by atoms with Crippen LogP contribution in [-0.2, 0) is 4.79 Å². The van der Waals surface area contributed by atoms with E-state index in [4.69, 9.17) is 5.73 Å². The molecule has 5 nitrogen and oxygen atoms in total. The Morgan fingerprint density at radius 1 is 1.32 bits per heavy atom. The second-order valence-electron chi connectivity index (χ2n) is 5.74. The molecule has 2 atom stereocenters. The third-order valence-corrected chi connectivity index (χ3v) is 4.06. The quantitative estimate of drug-likeness (QED) is 0.796. The van der Waals surface area contributed by atoms with Gasteiger partial charge in [-0.05, 0) is 43.5 Å². The lowest BCUT2D eigenvalue weighted by Gasteiger charge is -2.31. The molecule has 1 aromatic carbocycles. The second kappa shape index (κ2) is 7.35. The van der Waals surface area contributed by atoms with Gasteiger partial charge in [0.25, 0.3) is 5.91 Å². The van der Waals surface area contributed by atoms with E-state index in [-0.39, 0.29) is 23.4 Å². The first kappa shape index (κ1) is 16.4. The van der Waals surface area contributed by atoms with E-state index >= 15 is 0 Å². The molecule has 0 aliphatic heterocycles. The van der Waals surface area contributed by atoms with Gasteiger partial charge in [0.1, 0.15) is 5.82 Å². The summed E-state index contributed by atoms with van der Waals surface area (Å²) in [6.07, 6.45) is 3.99. The van der Waals surface area contributed by atoms with Crippen LogP contribution in [0.5, 0.6) is 0 Å². The Morgan fingerprint density at radius 2 is 2.05 bits per heavy atom. The fourth-order valence-corrected chi connectivity index (χ4v) is 2.91. The van der Waals surface area contributed by atoms with Gasteiger partial charge in [0.15, 0.2) is 0 Å². The van der Waals surface area contributed by atoms with Gasteiger partial charge in [-0.25, -0.2) is 4.39 Å². The first-order valence-electron chi connectivity index (χ1n) is 7.59. The van der Waals surface area contributed by atoms with Crippen molar-refractivity contribution < 1.29 is 14.0 Å². The number of carbonyl (C=O) groups is 2. The molecule has 2 rings (SSSR count). The van der Waals surface area contributed by atoms with Gasteiger partial charge in [0, 0.05) is 18.7 Å². The molecule has 0 spiro atoms. The SMILES string of the molecule is CC(=O)Nc1ccc(F)c(C(=O)NC2CCCCC2CN)c1. The molecule has 120 valence electrons. The minimum atomic E-state index is -0.605. The number of nitrogens with two attached hydrogens (primary N) is 1. The first-order valence-corrected chi connectivity index (χ1v) is 7.59. The van der Waals surface area contributed by atoms with Gasteiger partial charge >= 0.3 is 0 Å². The largest absolute Gasteiger partial charge is 0.349 e. The summed E-state index contributed by atoms with van der Waals surface area (Å²) in [5.74, 6) is -1.10. The summed E-state index contributed by atoms with van der Waals surface area (Å²) in [5.41, 5.74) is 6.08. The molecule has 0 heterocycles. The smallest absolute Gasteiger partial charge is 0.254 e. The summed E-state index contributed by atoms with van der Waals surface area (Å²) in [6.45, 7) is 1.87. The Hall–Kier alpha value is -1.95. The number of rotatable bonds is 4. The lowest BCUT2D eigenvalue weighted by molar-refractivity contribution is -0.114. The number of nitrogens with one attached hydrogen (secondary N) is 2. The summed E-state index contributed by atoms with van der Waals surface area (Å²) < 4.78 is 13.9. The van der Waals surface area contributed by atoms with Crippen molar-refractivity contribution in [3.63, 3.8) is 0 Å². The second-order valence-corrected chi connectivity index (χ2v) is 5.74. The van der Waals surface area contributed by atoms with Crippen LogP contribution in [0.4, 0.5) is 10.1 Å². The normalized spacial score (nSPS) is 21.2. The van der Waals surface area contributed by atoms with Crippen LogP contribution in [0.2, 0.25) is 0 Å². The third-order valence-electron chi connectivity index (χ3n) is 4.06. The molecule has 0 saturated heterocycles. The van der Waals surface area contributed by atoms with E-state index in [1.165, 1.54) is 25.1 Å². The van der Waals surface area contributed by atoms with Crippen LogP contribution >= 0.6 is 0 Å². The van der Waals surface area contributed by atoms with Gasteiger partial charge in [-0.1, -0.05) is 12.8 Å². The molecule has 4 N–H and O–H groups in total. The van der Waals surface area contributed by atoms with Crippen LogP contribution in [0.3, 0.4) is 0 Å². The van der Waals surface area contributed by atoms with Gasteiger partial charge in [-0.3, -0.25) is 9.59 Å². The third kappa shape index (κ3) is 4.04. The van der Waals surface area contributed by atoms with E-state index in [1.807, 2.05) is 0 Å². The molecule has 2 unspecified atom stereocenters. The molecule has 1 aromatic rings. The maximum Gasteiger partial charge on any atom is 0.254 e. The zero-order chi connectivity index (χ0) is 16.1. The van der Waals surface area contributed by atoms with Crippen molar-refractivity contribution in [1.29, 1.82) is 0 Å². The van der Waals surface area contributed by atoms with E-state index in [0.717, 1.165) is 25.7 Å². The number of benzene rings is 1. The molecule has 1 fully saturated rings. The highest BCUT2D eigenvalue weighted by Crippen LogP contribution is 2.24. The van der Waals surface area contributed by atoms with Crippen LogP contribution in [0, 0.1) is 11.7 Å². The maximum absolute atomic E-state index is 13.9. The zero-order valence-corrected chi connectivity index (χ0v) is 12.7. The molecule has 22 heavy (non-hydrogen) atoms. The van der Waals surface area contributed by atoms with Crippen molar-refractivity contribution in [2.45, 2.75) is 38.6 Å². The number of amides is 2. The minimum Gasteiger partial charge on any atom is -0.349 e. The van der Waals surface area contributed by atoms with Gasteiger partial charge < -0.3 is 16.4 Å². The van der Waals surface area contributed by atoms with Crippen molar-refractivity contribution >= 4 is 17.5 Å². The van der Waals surface area contributed by atoms with Crippen molar-refractivity contribution in [2.24, 2.45) is 11.7 Å². The standard InChI is InChI=1S/C16H22FN3O2/c1-10(21)19-12-6-7-14(17)13(8-12)16(22)20-15-5-3-2-4-11(15)9-18/h6-8,11,15H,2-5,9,18H2,1H3,(H,19,21)(H,20,22). The highest BCUT2D eigenvalue weighted by molar-refractivity contribution is 5.97. The van der Waals surface area contributed by atoms with Gasteiger partial charge in [0.05, 0.1) is 5.56 Å². The monoisotopic (exact) mass is 307 g/mol. The first-order chi connectivity index (χ1) is 10.5. The molecule has 1 aliphatic carbocycles.